The zero-order valence-electron chi connectivity index (χ0n) is 14.4. The molecule has 0 spiro atoms. The molecule has 1 atom stereocenters. The standard InChI is InChI=1S/C14H17F6N7/c1-3-6-21-10-23-11(22-8(4-2)13(15,16)17)25-12(24-10)27-7-5-9(26-27)14(18,19)20/h5,7-8H,3-4,6H2,1-2H3,(H2,21,22,23,24,25)/t8-/m0/s1. The van der Waals surface area contributed by atoms with Crippen molar-refractivity contribution in [1.29, 1.82) is 0 Å². The second kappa shape index (κ2) is 7.96. The number of alkyl halides is 6. The third-order valence-corrected chi connectivity index (χ3v) is 3.35. The van der Waals surface area contributed by atoms with E-state index < -0.39 is 30.0 Å². The zero-order valence-corrected chi connectivity index (χ0v) is 14.4. The van der Waals surface area contributed by atoms with Crippen LogP contribution in [0.4, 0.5) is 38.2 Å². The first-order valence-electron chi connectivity index (χ1n) is 8.01. The molecule has 7 nitrogen and oxygen atoms in total. The molecule has 0 aliphatic rings. The van der Waals surface area contributed by atoms with Crippen LogP contribution in [-0.4, -0.2) is 43.5 Å². The molecule has 0 bridgehead atoms. The summed E-state index contributed by atoms with van der Waals surface area (Å²) in [6.07, 6.45) is -7.88. The van der Waals surface area contributed by atoms with Gasteiger partial charge >= 0.3 is 12.4 Å². The normalized spacial score (nSPS) is 13.5. The lowest BCUT2D eigenvalue weighted by atomic mass is 10.2. The van der Waals surface area contributed by atoms with E-state index in [2.05, 4.69) is 30.7 Å². The molecule has 0 saturated carbocycles. The fourth-order valence-corrected chi connectivity index (χ4v) is 2.01. The lowest BCUT2D eigenvalue weighted by Crippen LogP contribution is -2.36. The first-order valence-corrected chi connectivity index (χ1v) is 8.01. The van der Waals surface area contributed by atoms with Gasteiger partial charge in [-0.05, 0) is 18.9 Å². The predicted octanol–water partition coefficient (Wildman–Crippen LogP) is 3.65. The van der Waals surface area contributed by atoms with Crippen molar-refractivity contribution in [3.05, 3.63) is 18.0 Å². The summed E-state index contributed by atoms with van der Waals surface area (Å²) in [7, 11) is 0. The van der Waals surface area contributed by atoms with Crippen LogP contribution >= 0.6 is 0 Å². The second-order valence-electron chi connectivity index (χ2n) is 5.50. The Morgan fingerprint density at radius 1 is 1.04 bits per heavy atom. The molecular formula is C14H17F6N7. The maximum atomic E-state index is 13.0. The Hall–Kier alpha value is -2.60. The van der Waals surface area contributed by atoms with Crippen molar-refractivity contribution in [2.75, 3.05) is 17.2 Å². The monoisotopic (exact) mass is 397 g/mol. The number of anilines is 2. The van der Waals surface area contributed by atoms with Gasteiger partial charge < -0.3 is 10.6 Å². The Morgan fingerprint density at radius 2 is 1.70 bits per heavy atom. The average Bonchev–Trinajstić information content (AvgIpc) is 3.07. The van der Waals surface area contributed by atoms with Gasteiger partial charge in [-0.3, -0.25) is 0 Å². The number of hydrogen-bond donors (Lipinski definition) is 2. The van der Waals surface area contributed by atoms with E-state index in [1.165, 1.54) is 6.92 Å². The van der Waals surface area contributed by atoms with Crippen LogP contribution < -0.4 is 10.6 Å². The van der Waals surface area contributed by atoms with Gasteiger partial charge in [0.2, 0.25) is 11.9 Å². The predicted molar refractivity (Wildman–Crippen MR) is 84.5 cm³/mol. The summed E-state index contributed by atoms with van der Waals surface area (Å²) < 4.78 is 77.8. The minimum atomic E-state index is -4.67. The molecule has 0 amide bonds. The molecule has 2 N–H and O–H groups in total. The molecule has 2 aromatic heterocycles. The summed E-state index contributed by atoms with van der Waals surface area (Å²) in [5.74, 6) is -0.851. The van der Waals surface area contributed by atoms with Crippen LogP contribution in [0.25, 0.3) is 5.95 Å². The Morgan fingerprint density at radius 3 is 2.22 bits per heavy atom. The van der Waals surface area contributed by atoms with E-state index in [1.54, 1.807) is 0 Å². The summed E-state index contributed by atoms with van der Waals surface area (Å²) in [4.78, 5) is 11.5. The summed E-state index contributed by atoms with van der Waals surface area (Å²) >= 11 is 0. The molecule has 150 valence electrons. The lowest BCUT2D eigenvalue weighted by Gasteiger charge is -2.20. The third kappa shape index (κ3) is 5.44. The van der Waals surface area contributed by atoms with Crippen molar-refractivity contribution in [2.45, 2.75) is 45.1 Å². The highest BCUT2D eigenvalue weighted by molar-refractivity contribution is 5.38. The molecule has 0 unspecified atom stereocenters. The maximum absolute atomic E-state index is 13.0. The third-order valence-electron chi connectivity index (χ3n) is 3.35. The summed E-state index contributed by atoms with van der Waals surface area (Å²) in [6, 6.07) is -1.21. The molecule has 2 rings (SSSR count). The zero-order chi connectivity index (χ0) is 20.2. The van der Waals surface area contributed by atoms with E-state index in [4.69, 9.17) is 0 Å². The fourth-order valence-electron chi connectivity index (χ4n) is 2.01. The lowest BCUT2D eigenvalue weighted by molar-refractivity contribution is -0.143. The molecule has 13 heteroatoms. The molecule has 0 fully saturated rings. The maximum Gasteiger partial charge on any atom is 0.435 e. The fraction of sp³-hybridized carbons (Fsp3) is 0.571. The van der Waals surface area contributed by atoms with E-state index in [9.17, 15) is 26.3 Å². The van der Waals surface area contributed by atoms with Crippen LogP contribution in [0.3, 0.4) is 0 Å². The highest BCUT2D eigenvalue weighted by Gasteiger charge is 2.39. The number of aromatic nitrogens is 5. The van der Waals surface area contributed by atoms with E-state index in [1.807, 2.05) is 6.92 Å². The Kier molecular flexibility index (Phi) is 6.11. The molecule has 2 aromatic rings. The summed E-state index contributed by atoms with van der Waals surface area (Å²) in [5, 5.41) is 8.23. The smallest absolute Gasteiger partial charge is 0.354 e. The average molecular weight is 397 g/mol. The Bertz CT molecular complexity index is 755. The van der Waals surface area contributed by atoms with Crippen molar-refractivity contribution in [3.8, 4) is 5.95 Å². The number of halogens is 6. The quantitative estimate of drug-likeness (QED) is 0.695. The highest BCUT2D eigenvalue weighted by Crippen LogP contribution is 2.28. The van der Waals surface area contributed by atoms with E-state index in [-0.39, 0.29) is 18.3 Å². The van der Waals surface area contributed by atoms with Crippen molar-refractivity contribution >= 4 is 11.9 Å². The van der Waals surface area contributed by atoms with Gasteiger partial charge in [-0.15, -0.1) is 0 Å². The Balaban J connectivity index is 2.40. The highest BCUT2D eigenvalue weighted by atomic mass is 19.4. The number of rotatable bonds is 7. The Labute approximate surface area is 150 Å². The number of hydrogen-bond acceptors (Lipinski definition) is 6. The molecular weight excluding hydrogens is 380 g/mol. The van der Waals surface area contributed by atoms with Gasteiger partial charge in [-0.2, -0.15) is 46.4 Å². The van der Waals surface area contributed by atoms with Gasteiger partial charge in [0, 0.05) is 12.7 Å². The van der Waals surface area contributed by atoms with Crippen molar-refractivity contribution in [1.82, 2.24) is 24.7 Å². The van der Waals surface area contributed by atoms with Gasteiger partial charge in [-0.25, -0.2) is 4.68 Å². The minimum absolute atomic E-state index is 0.0783. The molecule has 0 aliphatic carbocycles. The topological polar surface area (TPSA) is 80.5 Å². The van der Waals surface area contributed by atoms with Gasteiger partial charge in [0.25, 0.3) is 5.95 Å². The van der Waals surface area contributed by atoms with Crippen molar-refractivity contribution < 1.29 is 26.3 Å². The van der Waals surface area contributed by atoms with Crippen LogP contribution in [0, 0.1) is 0 Å². The first-order chi connectivity index (χ1) is 12.5. The van der Waals surface area contributed by atoms with Crippen LogP contribution in [-0.2, 0) is 6.18 Å². The molecule has 0 aliphatic heterocycles. The summed E-state index contributed by atoms with van der Waals surface area (Å²) in [6.45, 7) is 3.58. The number of nitrogens with one attached hydrogen (secondary N) is 2. The van der Waals surface area contributed by atoms with Crippen LogP contribution in [0.15, 0.2) is 12.3 Å². The summed E-state index contributed by atoms with van der Waals surface area (Å²) in [5.41, 5.74) is -1.18. The van der Waals surface area contributed by atoms with E-state index in [0.717, 1.165) is 10.9 Å². The SMILES string of the molecule is CCCNc1nc(N[C@@H](CC)C(F)(F)F)nc(-n2ccc(C(F)(F)F)n2)n1. The molecule has 0 saturated heterocycles. The number of nitrogens with zero attached hydrogens (tertiary/aromatic N) is 5. The van der Waals surface area contributed by atoms with Gasteiger partial charge in [0.05, 0.1) is 0 Å². The van der Waals surface area contributed by atoms with Gasteiger partial charge in [0.1, 0.15) is 6.04 Å². The largest absolute Gasteiger partial charge is 0.435 e. The van der Waals surface area contributed by atoms with E-state index >= 15 is 0 Å². The second-order valence-corrected chi connectivity index (χ2v) is 5.50. The van der Waals surface area contributed by atoms with Crippen LogP contribution in [0.5, 0.6) is 0 Å². The van der Waals surface area contributed by atoms with Crippen LogP contribution in [0.1, 0.15) is 32.4 Å². The molecule has 0 radical (unpaired) electrons. The van der Waals surface area contributed by atoms with Gasteiger partial charge in [0.15, 0.2) is 5.69 Å². The van der Waals surface area contributed by atoms with Crippen LogP contribution in [0.2, 0.25) is 0 Å². The molecule has 2 heterocycles. The van der Waals surface area contributed by atoms with Crippen molar-refractivity contribution in [2.24, 2.45) is 0 Å². The molecule has 27 heavy (non-hydrogen) atoms. The minimum Gasteiger partial charge on any atom is -0.354 e. The van der Waals surface area contributed by atoms with Gasteiger partial charge in [-0.1, -0.05) is 13.8 Å². The van der Waals surface area contributed by atoms with Crippen molar-refractivity contribution in [3.63, 3.8) is 0 Å². The first kappa shape index (κ1) is 20.7. The molecule has 0 aromatic carbocycles. The van der Waals surface area contributed by atoms with E-state index in [0.29, 0.717) is 19.0 Å².